The molecule has 0 radical (unpaired) electrons. The third kappa shape index (κ3) is 5.61. The number of aliphatic hydroxyl groups excluding tert-OH is 1. The molecule has 1 aliphatic heterocycles. The minimum Gasteiger partial charge on any atom is -0.383 e. The summed E-state index contributed by atoms with van der Waals surface area (Å²) < 4.78 is 70.3. The molecule has 1 aliphatic rings. The summed E-state index contributed by atoms with van der Waals surface area (Å²) in [4.78, 5) is 43.6. The molecular weight excluding hydrogens is 543 g/mol. The molecule has 0 unspecified atom stereocenters. The van der Waals surface area contributed by atoms with Crippen LogP contribution in [0.15, 0.2) is 35.3 Å². The molecule has 0 spiro atoms. The van der Waals surface area contributed by atoms with Crippen LogP contribution in [0.5, 0.6) is 0 Å². The molecule has 9 nitrogen and oxygen atoms in total. The van der Waals surface area contributed by atoms with E-state index in [4.69, 9.17) is 11.6 Å². The first-order valence-corrected chi connectivity index (χ1v) is 11.3. The number of nitrogens with zero attached hydrogens (tertiary/aromatic N) is 3. The Morgan fingerprint density at radius 2 is 2.00 bits per heavy atom. The van der Waals surface area contributed by atoms with Crippen LogP contribution in [0, 0.1) is 11.6 Å². The molecule has 1 fully saturated rings. The molecule has 0 bridgehead atoms. The van der Waals surface area contributed by atoms with Crippen LogP contribution >= 0.6 is 11.6 Å². The van der Waals surface area contributed by atoms with Crippen molar-refractivity contribution in [1.29, 1.82) is 0 Å². The largest absolute Gasteiger partial charge is 0.522 e. The van der Waals surface area contributed by atoms with E-state index in [1.807, 2.05) is 0 Å². The number of β-amino-alcohol motifs (C(OH)–C–C–N with tert-alkyl or cyclic N) is 1. The average Bonchev–Trinajstić information content (AvgIpc) is 3.16. The summed E-state index contributed by atoms with van der Waals surface area (Å²) >= 11 is 6.10. The van der Waals surface area contributed by atoms with E-state index in [1.54, 1.807) is 0 Å². The molecule has 15 heteroatoms. The quantitative estimate of drug-likeness (QED) is 0.446. The van der Waals surface area contributed by atoms with E-state index in [2.05, 4.69) is 15.0 Å². The SMILES string of the molecule is C[C@@H](COC(F)(F)F)NC(=O)c1cn(-c2c(F)cc(F)cc2Cl)c2nc(N3CC(=O)[C@H](O)C3)ccc2c1=O. The highest BCUT2D eigenvalue weighted by Crippen LogP contribution is 2.29. The number of ether oxygens (including phenoxy) is 1. The number of anilines is 1. The Labute approximate surface area is 215 Å². The number of rotatable bonds is 6. The van der Waals surface area contributed by atoms with E-state index in [0.717, 1.165) is 16.8 Å². The number of pyridine rings is 2. The van der Waals surface area contributed by atoms with E-state index in [1.165, 1.54) is 24.0 Å². The van der Waals surface area contributed by atoms with Gasteiger partial charge in [-0.1, -0.05) is 11.6 Å². The fraction of sp³-hybridized carbons (Fsp3) is 0.304. The molecule has 3 heterocycles. The van der Waals surface area contributed by atoms with Gasteiger partial charge in [-0.3, -0.25) is 23.7 Å². The predicted octanol–water partition coefficient (Wildman–Crippen LogP) is 2.72. The standard InChI is InChI=1S/C23H18ClF5N4O5/c1-10(9-38-23(27,28)29)30-22(37)13-6-33(19-14(24)4-11(25)5-15(19)26)21-12(20(13)36)2-3-18(31-21)32-7-16(34)17(35)8-32/h2-6,10,16,34H,7-9H2,1H3,(H,30,37)/t10-,16+/m0/s1. The van der Waals surface area contributed by atoms with E-state index in [0.29, 0.717) is 6.07 Å². The molecule has 202 valence electrons. The number of alkyl halides is 3. The lowest BCUT2D eigenvalue weighted by Gasteiger charge is -2.20. The van der Waals surface area contributed by atoms with Gasteiger partial charge in [-0.25, -0.2) is 13.8 Å². The number of carbonyl (C=O) groups is 2. The first kappa shape index (κ1) is 27.4. The van der Waals surface area contributed by atoms with Gasteiger partial charge in [-0.15, -0.1) is 13.2 Å². The fourth-order valence-corrected chi connectivity index (χ4v) is 4.16. The zero-order valence-corrected chi connectivity index (χ0v) is 20.1. The third-order valence-electron chi connectivity index (χ3n) is 5.61. The number of nitrogens with one attached hydrogen (secondary N) is 1. The third-order valence-corrected chi connectivity index (χ3v) is 5.90. The second-order valence-electron chi connectivity index (χ2n) is 8.49. The van der Waals surface area contributed by atoms with E-state index in [9.17, 15) is 41.4 Å². The lowest BCUT2D eigenvalue weighted by molar-refractivity contribution is -0.325. The van der Waals surface area contributed by atoms with Crippen molar-refractivity contribution in [3.05, 3.63) is 62.9 Å². The zero-order chi connectivity index (χ0) is 27.9. The predicted molar refractivity (Wildman–Crippen MR) is 124 cm³/mol. The molecule has 0 aliphatic carbocycles. The summed E-state index contributed by atoms with van der Waals surface area (Å²) in [6.07, 6.45) is -5.32. The summed E-state index contributed by atoms with van der Waals surface area (Å²) in [7, 11) is 0. The summed E-state index contributed by atoms with van der Waals surface area (Å²) in [5.74, 6) is -3.61. The second-order valence-corrected chi connectivity index (χ2v) is 8.90. The average molecular weight is 561 g/mol. The Hall–Kier alpha value is -3.62. The van der Waals surface area contributed by atoms with Gasteiger partial charge in [-0.05, 0) is 25.1 Å². The number of Topliss-reactive ketones (excluding diaryl/α,β-unsaturated/α-hetero) is 1. The molecular formula is C23H18ClF5N4O5. The van der Waals surface area contributed by atoms with Gasteiger partial charge in [0.1, 0.15) is 29.0 Å². The van der Waals surface area contributed by atoms with Gasteiger partial charge in [0.2, 0.25) is 5.43 Å². The van der Waals surface area contributed by atoms with E-state index < -0.39 is 70.1 Å². The van der Waals surface area contributed by atoms with Gasteiger partial charge in [0.05, 0.1) is 36.1 Å². The number of carbonyl (C=O) groups excluding carboxylic acids is 2. The van der Waals surface area contributed by atoms with Crippen molar-refractivity contribution in [3.63, 3.8) is 0 Å². The maximum atomic E-state index is 14.9. The summed E-state index contributed by atoms with van der Waals surface area (Å²) in [6, 6.07) is 2.70. The molecule has 38 heavy (non-hydrogen) atoms. The number of halogens is 6. The highest BCUT2D eigenvalue weighted by atomic mass is 35.5. The lowest BCUT2D eigenvalue weighted by atomic mass is 10.1. The van der Waals surface area contributed by atoms with Crippen molar-refractivity contribution in [1.82, 2.24) is 14.9 Å². The van der Waals surface area contributed by atoms with Gasteiger partial charge >= 0.3 is 6.36 Å². The molecule has 1 amide bonds. The molecule has 2 N–H and O–H groups in total. The van der Waals surface area contributed by atoms with Crippen molar-refractivity contribution >= 4 is 40.1 Å². The number of aromatic nitrogens is 2. The van der Waals surface area contributed by atoms with Gasteiger partial charge in [0, 0.05) is 12.3 Å². The molecule has 1 aromatic carbocycles. The number of ketones is 1. The molecule has 1 saturated heterocycles. The van der Waals surface area contributed by atoms with Crippen molar-refractivity contribution in [3.8, 4) is 5.69 Å². The van der Waals surface area contributed by atoms with Crippen LogP contribution in [0.3, 0.4) is 0 Å². The summed E-state index contributed by atoms with van der Waals surface area (Å²) in [5, 5.41) is 11.3. The Bertz CT molecular complexity index is 1470. The monoisotopic (exact) mass is 560 g/mol. The van der Waals surface area contributed by atoms with Crippen LogP contribution in [0.1, 0.15) is 17.3 Å². The van der Waals surface area contributed by atoms with E-state index >= 15 is 0 Å². The minimum absolute atomic E-state index is 0.0917. The lowest BCUT2D eigenvalue weighted by Crippen LogP contribution is -2.39. The second kappa shape index (κ2) is 10.3. The Morgan fingerprint density at radius 3 is 2.61 bits per heavy atom. The number of hydrogen-bond acceptors (Lipinski definition) is 7. The molecule has 4 rings (SSSR count). The fourth-order valence-electron chi connectivity index (χ4n) is 3.87. The summed E-state index contributed by atoms with van der Waals surface area (Å²) in [6.45, 7) is -0.0143. The van der Waals surface area contributed by atoms with Gasteiger partial charge in [0.15, 0.2) is 17.2 Å². The normalized spacial score (nSPS) is 16.8. The van der Waals surface area contributed by atoms with Crippen LogP contribution in [0.2, 0.25) is 5.02 Å². The Kier molecular flexibility index (Phi) is 7.41. The van der Waals surface area contributed by atoms with Crippen LogP contribution in [-0.2, 0) is 9.53 Å². The Morgan fingerprint density at radius 1 is 1.29 bits per heavy atom. The van der Waals surface area contributed by atoms with Gasteiger partial charge < -0.3 is 15.3 Å². The molecule has 2 aromatic heterocycles. The smallest absolute Gasteiger partial charge is 0.383 e. The first-order valence-electron chi connectivity index (χ1n) is 10.9. The van der Waals surface area contributed by atoms with Crippen molar-refractivity contribution in [2.75, 3.05) is 24.6 Å². The zero-order valence-electron chi connectivity index (χ0n) is 19.4. The number of amides is 1. The first-order chi connectivity index (χ1) is 17.7. The van der Waals surface area contributed by atoms with Gasteiger partial charge in [0.25, 0.3) is 5.91 Å². The molecule has 3 aromatic rings. The Balaban J connectivity index is 1.85. The van der Waals surface area contributed by atoms with Crippen molar-refractivity contribution in [2.24, 2.45) is 0 Å². The van der Waals surface area contributed by atoms with Crippen LogP contribution < -0.4 is 15.6 Å². The number of benzene rings is 1. The van der Waals surface area contributed by atoms with Crippen LogP contribution in [0.4, 0.5) is 27.8 Å². The highest BCUT2D eigenvalue weighted by Gasteiger charge is 2.32. The maximum Gasteiger partial charge on any atom is 0.522 e. The minimum atomic E-state index is -4.94. The number of hydrogen-bond donors (Lipinski definition) is 2. The molecule has 0 saturated carbocycles. The van der Waals surface area contributed by atoms with Crippen molar-refractivity contribution in [2.45, 2.75) is 25.4 Å². The van der Waals surface area contributed by atoms with Crippen LogP contribution in [0.25, 0.3) is 16.7 Å². The van der Waals surface area contributed by atoms with Crippen molar-refractivity contribution < 1.29 is 41.4 Å². The highest BCUT2D eigenvalue weighted by molar-refractivity contribution is 6.32. The van der Waals surface area contributed by atoms with Crippen LogP contribution in [-0.4, -0.2) is 64.6 Å². The van der Waals surface area contributed by atoms with Gasteiger partial charge in [-0.2, -0.15) is 0 Å². The maximum absolute atomic E-state index is 14.9. The van der Waals surface area contributed by atoms with E-state index in [-0.39, 0.29) is 29.9 Å². The topological polar surface area (TPSA) is 114 Å². The molecule has 2 atom stereocenters. The number of fused-ring (bicyclic) bond motifs is 1. The number of aliphatic hydroxyl groups is 1. The summed E-state index contributed by atoms with van der Waals surface area (Å²) in [5.41, 5.74) is -2.19.